The van der Waals surface area contributed by atoms with E-state index in [1.165, 1.54) is 29.8 Å². The Kier molecular flexibility index (Phi) is 4.63. The minimum atomic E-state index is -0.699. The van der Waals surface area contributed by atoms with Crippen LogP contribution in [-0.4, -0.2) is 14.9 Å². The van der Waals surface area contributed by atoms with E-state index in [2.05, 4.69) is 25.0 Å². The molecule has 1 heterocycles. The standard InChI is InChI=1S/C26H26F2N2O/c1-25(24(31)17-5-7-20(27)8-6-17)13-3-4-19-14-23-18(15-26(19,25)2)16-29-30(23)22-11-9-21(28)10-12-22/h5-12,14,16,24,31H,3-4,13,15H2,1-2H3/t24-,25-,26+/m1/s1. The second-order valence-electron chi connectivity index (χ2n) is 9.35. The predicted molar refractivity (Wildman–Crippen MR) is 117 cm³/mol. The maximum atomic E-state index is 13.4. The molecule has 2 aromatic carbocycles. The van der Waals surface area contributed by atoms with Gasteiger partial charge in [0, 0.05) is 10.8 Å². The first-order chi connectivity index (χ1) is 14.8. The Bertz CT molecular complexity index is 1150. The van der Waals surface area contributed by atoms with Crippen molar-refractivity contribution in [3.05, 3.63) is 88.8 Å². The van der Waals surface area contributed by atoms with Crippen molar-refractivity contribution >= 4 is 6.08 Å². The van der Waals surface area contributed by atoms with Gasteiger partial charge in [-0.2, -0.15) is 5.10 Å². The Balaban J connectivity index is 1.56. The third-order valence-corrected chi connectivity index (χ3v) is 7.71. The summed E-state index contributed by atoms with van der Waals surface area (Å²) in [4.78, 5) is 0. The van der Waals surface area contributed by atoms with E-state index in [9.17, 15) is 13.9 Å². The Morgan fingerprint density at radius 2 is 1.65 bits per heavy atom. The number of benzene rings is 2. The molecule has 0 spiro atoms. The van der Waals surface area contributed by atoms with Gasteiger partial charge in [-0.15, -0.1) is 0 Å². The predicted octanol–water partition coefficient (Wildman–Crippen LogP) is 6.02. The fraction of sp³-hybridized carbons (Fsp3) is 0.346. The first-order valence-corrected chi connectivity index (χ1v) is 10.8. The molecule has 0 bridgehead atoms. The number of aliphatic hydroxyl groups excluding tert-OH is 1. The highest BCUT2D eigenvalue weighted by Crippen LogP contribution is 2.62. The third kappa shape index (κ3) is 3.06. The monoisotopic (exact) mass is 420 g/mol. The number of nitrogens with zero attached hydrogens (tertiary/aromatic N) is 2. The van der Waals surface area contributed by atoms with Crippen molar-refractivity contribution in [3.63, 3.8) is 0 Å². The molecular formula is C26H26F2N2O. The van der Waals surface area contributed by atoms with E-state index in [1.807, 2.05) is 10.9 Å². The highest BCUT2D eigenvalue weighted by atomic mass is 19.1. The van der Waals surface area contributed by atoms with Crippen LogP contribution in [0.3, 0.4) is 0 Å². The van der Waals surface area contributed by atoms with Gasteiger partial charge in [0.1, 0.15) is 11.6 Å². The number of aromatic nitrogens is 2. The van der Waals surface area contributed by atoms with E-state index in [4.69, 9.17) is 0 Å². The SMILES string of the molecule is C[C@]12Cc3cnn(-c4ccc(F)cc4)c3C=C1CCC[C@]2(C)[C@H](O)c1ccc(F)cc1. The zero-order valence-electron chi connectivity index (χ0n) is 17.8. The summed E-state index contributed by atoms with van der Waals surface area (Å²) >= 11 is 0. The van der Waals surface area contributed by atoms with Crippen molar-refractivity contribution < 1.29 is 13.9 Å². The van der Waals surface area contributed by atoms with Gasteiger partial charge in [-0.1, -0.05) is 31.6 Å². The average molecular weight is 421 g/mol. The molecule has 1 N–H and O–H groups in total. The number of hydrogen-bond acceptors (Lipinski definition) is 2. The molecule has 1 aromatic heterocycles. The van der Waals surface area contributed by atoms with Gasteiger partial charge in [-0.05, 0) is 79.3 Å². The van der Waals surface area contributed by atoms with Crippen LogP contribution in [0.2, 0.25) is 0 Å². The lowest BCUT2D eigenvalue weighted by molar-refractivity contribution is -0.0633. The number of allylic oxidation sites excluding steroid dienone is 1. The summed E-state index contributed by atoms with van der Waals surface area (Å²) in [6, 6.07) is 12.6. The summed E-state index contributed by atoms with van der Waals surface area (Å²) in [5, 5.41) is 16.0. The van der Waals surface area contributed by atoms with Crippen LogP contribution in [0, 0.1) is 22.5 Å². The zero-order valence-corrected chi connectivity index (χ0v) is 17.8. The molecule has 2 aliphatic carbocycles. The minimum absolute atomic E-state index is 0.247. The number of hydrogen-bond donors (Lipinski definition) is 1. The first kappa shape index (κ1) is 20.1. The summed E-state index contributed by atoms with van der Waals surface area (Å²) in [5.41, 5.74) is 4.38. The van der Waals surface area contributed by atoms with Crippen LogP contribution in [0.4, 0.5) is 8.78 Å². The van der Waals surface area contributed by atoms with E-state index < -0.39 is 11.5 Å². The smallest absolute Gasteiger partial charge is 0.123 e. The maximum absolute atomic E-state index is 13.4. The lowest BCUT2D eigenvalue weighted by Crippen LogP contribution is -2.48. The highest BCUT2D eigenvalue weighted by molar-refractivity contribution is 5.62. The molecule has 0 amide bonds. The van der Waals surface area contributed by atoms with Gasteiger partial charge in [-0.3, -0.25) is 0 Å². The number of aliphatic hydroxyl groups is 1. The van der Waals surface area contributed by atoms with Crippen LogP contribution >= 0.6 is 0 Å². The van der Waals surface area contributed by atoms with Gasteiger partial charge >= 0.3 is 0 Å². The minimum Gasteiger partial charge on any atom is -0.388 e. The van der Waals surface area contributed by atoms with Gasteiger partial charge in [0.05, 0.1) is 23.7 Å². The van der Waals surface area contributed by atoms with Crippen molar-refractivity contribution in [1.82, 2.24) is 9.78 Å². The highest BCUT2D eigenvalue weighted by Gasteiger charge is 2.54. The first-order valence-electron chi connectivity index (χ1n) is 10.8. The molecule has 5 heteroatoms. The molecule has 3 nitrogen and oxygen atoms in total. The van der Waals surface area contributed by atoms with E-state index in [0.29, 0.717) is 0 Å². The molecule has 0 aliphatic heterocycles. The van der Waals surface area contributed by atoms with Gasteiger partial charge < -0.3 is 5.11 Å². The Hall–Kier alpha value is -2.79. The molecule has 0 saturated heterocycles. The Morgan fingerprint density at radius 3 is 2.32 bits per heavy atom. The molecule has 31 heavy (non-hydrogen) atoms. The molecule has 1 saturated carbocycles. The summed E-state index contributed by atoms with van der Waals surface area (Å²) in [6.45, 7) is 4.40. The number of halogens is 2. The van der Waals surface area contributed by atoms with E-state index >= 15 is 0 Å². The molecule has 1 fully saturated rings. The fourth-order valence-corrected chi connectivity index (χ4v) is 5.58. The van der Waals surface area contributed by atoms with E-state index in [1.54, 1.807) is 24.3 Å². The van der Waals surface area contributed by atoms with E-state index in [-0.39, 0.29) is 17.0 Å². The van der Waals surface area contributed by atoms with Crippen LogP contribution in [0.5, 0.6) is 0 Å². The zero-order chi connectivity index (χ0) is 21.8. The second-order valence-corrected chi connectivity index (χ2v) is 9.35. The van der Waals surface area contributed by atoms with Crippen molar-refractivity contribution in [1.29, 1.82) is 0 Å². The Labute approximate surface area is 181 Å². The van der Waals surface area contributed by atoms with Gasteiger partial charge in [0.15, 0.2) is 0 Å². The quantitative estimate of drug-likeness (QED) is 0.563. The Morgan fingerprint density at radius 1 is 1.00 bits per heavy atom. The van der Waals surface area contributed by atoms with E-state index in [0.717, 1.165) is 48.2 Å². The summed E-state index contributed by atoms with van der Waals surface area (Å²) in [5.74, 6) is -0.569. The maximum Gasteiger partial charge on any atom is 0.123 e. The number of fused-ring (bicyclic) bond motifs is 2. The molecule has 5 rings (SSSR count). The van der Waals surface area contributed by atoms with Crippen LogP contribution in [-0.2, 0) is 6.42 Å². The summed E-state index contributed by atoms with van der Waals surface area (Å²) < 4.78 is 28.7. The van der Waals surface area contributed by atoms with Crippen molar-refractivity contribution in [2.24, 2.45) is 10.8 Å². The topological polar surface area (TPSA) is 38.0 Å². The molecular weight excluding hydrogens is 394 g/mol. The average Bonchev–Trinajstić information content (AvgIpc) is 3.16. The second kappa shape index (κ2) is 7.13. The largest absolute Gasteiger partial charge is 0.388 e. The van der Waals surface area contributed by atoms with Gasteiger partial charge in [0.25, 0.3) is 0 Å². The molecule has 160 valence electrons. The van der Waals surface area contributed by atoms with Crippen LogP contribution < -0.4 is 0 Å². The lowest BCUT2D eigenvalue weighted by atomic mass is 9.49. The molecule has 2 aliphatic rings. The van der Waals surface area contributed by atoms with Crippen LogP contribution in [0.1, 0.15) is 56.0 Å². The van der Waals surface area contributed by atoms with Crippen LogP contribution in [0.15, 0.2) is 60.3 Å². The van der Waals surface area contributed by atoms with Crippen LogP contribution in [0.25, 0.3) is 11.8 Å². The fourth-order valence-electron chi connectivity index (χ4n) is 5.58. The normalized spacial score (nSPS) is 26.0. The van der Waals surface area contributed by atoms with Crippen molar-refractivity contribution in [3.8, 4) is 5.69 Å². The third-order valence-electron chi connectivity index (χ3n) is 7.71. The number of rotatable bonds is 3. The summed E-state index contributed by atoms with van der Waals surface area (Å²) in [6.07, 6.45) is 7.01. The van der Waals surface area contributed by atoms with Gasteiger partial charge in [0.2, 0.25) is 0 Å². The molecule has 0 radical (unpaired) electrons. The lowest BCUT2D eigenvalue weighted by Gasteiger charge is -2.55. The van der Waals surface area contributed by atoms with Crippen molar-refractivity contribution in [2.45, 2.75) is 45.6 Å². The molecule has 0 unspecified atom stereocenters. The molecule has 3 aromatic rings. The van der Waals surface area contributed by atoms with Gasteiger partial charge in [-0.25, -0.2) is 13.5 Å². The summed E-state index contributed by atoms with van der Waals surface area (Å²) in [7, 11) is 0. The molecule has 3 atom stereocenters. The van der Waals surface area contributed by atoms with Crippen molar-refractivity contribution in [2.75, 3.05) is 0 Å².